The molecule has 25 heavy (non-hydrogen) atoms. The van der Waals surface area contributed by atoms with E-state index in [1.807, 2.05) is 7.05 Å². The van der Waals surface area contributed by atoms with E-state index in [1.54, 1.807) is 0 Å². The van der Waals surface area contributed by atoms with E-state index in [2.05, 4.69) is 65.1 Å². The number of hydrogen-bond acceptors (Lipinski definition) is 3. The predicted octanol–water partition coefficient (Wildman–Crippen LogP) is 2.68. The Bertz CT molecular complexity index is 542. The lowest BCUT2D eigenvalue weighted by Gasteiger charge is -2.35. The molecule has 140 valence electrons. The van der Waals surface area contributed by atoms with Gasteiger partial charge in [-0.3, -0.25) is 4.99 Å². The van der Waals surface area contributed by atoms with E-state index >= 15 is 0 Å². The first-order valence-electron chi connectivity index (χ1n) is 9.54. The molecule has 0 spiro atoms. The fourth-order valence-electron chi connectivity index (χ4n) is 3.35. The quantitative estimate of drug-likeness (QED) is 0.468. The number of ether oxygens (including phenoxy) is 1. The van der Waals surface area contributed by atoms with E-state index < -0.39 is 0 Å². The third-order valence-corrected chi connectivity index (χ3v) is 4.94. The Kier molecular flexibility index (Phi) is 8.22. The molecule has 0 aliphatic carbocycles. The highest BCUT2D eigenvalue weighted by molar-refractivity contribution is 5.80. The summed E-state index contributed by atoms with van der Waals surface area (Å²) in [5.41, 5.74) is 2.57. The van der Waals surface area contributed by atoms with Crippen molar-refractivity contribution < 1.29 is 4.74 Å². The van der Waals surface area contributed by atoms with Gasteiger partial charge in [0.25, 0.3) is 0 Å². The average molecular weight is 347 g/mol. The van der Waals surface area contributed by atoms with Crippen LogP contribution in [0.15, 0.2) is 29.3 Å². The average Bonchev–Trinajstić information content (AvgIpc) is 2.65. The second-order valence-electron chi connectivity index (χ2n) is 6.52. The molecule has 0 amide bonds. The molecule has 1 aliphatic rings. The van der Waals surface area contributed by atoms with E-state index in [0.29, 0.717) is 0 Å². The number of guanidine groups is 1. The Morgan fingerprint density at radius 2 is 2.08 bits per heavy atom. The van der Waals surface area contributed by atoms with Crippen molar-refractivity contribution in [1.82, 2.24) is 15.1 Å². The van der Waals surface area contributed by atoms with Gasteiger partial charge in [0, 0.05) is 20.1 Å². The molecule has 0 aromatic heterocycles. The maximum absolute atomic E-state index is 6.02. The number of benzene rings is 1. The minimum atomic E-state index is 0.115. The van der Waals surface area contributed by atoms with Crippen LogP contribution in [0.2, 0.25) is 0 Å². The molecule has 0 saturated carbocycles. The number of nitrogens with one attached hydrogen (secondary N) is 1. The fraction of sp³-hybridized carbons (Fsp3) is 0.650. The highest BCUT2D eigenvalue weighted by Crippen LogP contribution is 2.24. The summed E-state index contributed by atoms with van der Waals surface area (Å²) in [5.74, 6) is 0.987. The van der Waals surface area contributed by atoms with Gasteiger partial charge in [0.1, 0.15) is 6.10 Å². The molecule has 1 aromatic carbocycles. The zero-order chi connectivity index (χ0) is 18.1. The Balaban J connectivity index is 1.87. The summed E-state index contributed by atoms with van der Waals surface area (Å²) in [6.45, 7) is 13.4. The lowest BCUT2D eigenvalue weighted by atomic mass is 10.0. The standard InChI is InChI=1S/C20H34N4O/c1-5-23(6-2)13-9-12-22-20(21-4)24-14-15-25-19(16-24)18-11-8-7-10-17(18)3/h7-8,10-11,19H,5-6,9,12-16H2,1-4H3,(H,21,22). The third kappa shape index (κ3) is 5.72. The lowest BCUT2D eigenvalue weighted by Crippen LogP contribution is -2.48. The number of morpholine rings is 1. The molecule has 1 aromatic rings. The topological polar surface area (TPSA) is 40.1 Å². The Morgan fingerprint density at radius 3 is 2.76 bits per heavy atom. The molecule has 5 nitrogen and oxygen atoms in total. The molecule has 1 saturated heterocycles. The van der Waals surface area contributed by atoms with Gasteiger partial charge in [-0.1, -0.05) is 38.1 Å². The molecule has 5 heteroatoms. The molecule has 0 bridgehead atoms. The zero-order valence-corrected chi connectivity index (χ0v) is 16.3. The van der Waals surface area contributed by atoms with Crippen molar-refractivity contribution in [2.75, 3.05) is 52.9 Å². The molecular formula is C20H34N4O. The first-order valence-corrected chi connectivity index (χ1v) is 9.54. The maximum atomic E-state index is 6.02. The van der Waals surface area contributed by atoms with Crippen LogP contribution in [0.1, 0.15) is 37.5 Å². The van der Waals surface area contributed by atoms with Crippen molar-refractivity contribution >= 4 is 5.96 Å². The van der Waals surface area contributed by atoms with Gasteiger partial charge >= 0.3 is 0 Å². The van der Waals surface area contributed by atoms with E-state index in [1.165, 1.54) is 11.1 Å². The van der Waals surface area contributed by atoms with Crippen LogP contribution in [-0.2, 0) is 4.74 Å². The summed E-state index contributed by atoms with van der Waals surface area (Å²) in [6.07, 6.45) is 1.25. The van der Waals surface area contributed by atoms with Crippen molar-refractivity contribution in [3.05, 3.63) is 35.4 Å². The molecule has 2 rings (SSSR count). The van der Waals surface area contributed by atoms with Crippen molar-refractivity contribution in [2.45, 2.75) is 33.3 Å². The third-order valence-electron chi connectivity index (χ3n) is 4.94. The summed E-state index contributed by atoms with van der Waals surface area (Å²) in [4.78, 5) is 9.25. The normalized spacial score (nSPS) is 18.7. The van der Waals surface area contributed by atoms with Crippen molar-refractivity contribution in [3.8, 4) is 0 Å². The molecule has 1 unspecified atom stereocenters. The second-order valence-corrected chi connectivity index (χ2v) is 6.52. The minimum absolute atomic E-state index is 0.115. The second kappa shape index (κ2) is 10.4. The number of aryl methyl sites for hydroxylation is 1. The van der Waals surface area contributed by atoms with Crippen LogP contribution in [-0.4, -0.2) is 68.7 Å². The van der Waals surface area contributed by atoms with E-state index in [-0.39, 0.29) is 6.10 Å². The monoisotopic (exact) mass is 346 g/mol. The lowest BCUT2D eigenvalue weighted by molar-refractivity contribution is -0.00831. The summed E-state index contributed by atoms with van der Waals surface area (Å²) in [7, 11) is 1.87. The first-order chi connectivity index (χ1) is 12.2. The molecular weight excluding hydrogens is 312 g/mol. The minimum Gasteiger partial charge on any atom is -0.370 e. The predicted molar refractivity (Wildman–Crippen MR) is 105 cm³/mol. The van der Waals surface area contributed by atoms with Gasteiger partial charge in [0.05, 0.1) is 13.2 Å². The van der Waals surface area contributed by atoms with Crippen molar-refractivity contribution in [2.24, 2.45) is 4.99 Å². The number of nitrogens with zero attached hydrogens (tertiary/aromatic N) is 3. The largest absolute Gasteiger partial charge is 0.370 e. The Labute approximate surface area is 153 Å². The van der Waals surface area contributed by atoms with Crippen LogP contribution in [0.25, 0.3) is 0 Å². The molecule has 1 heterocycles. The van der Waals surface area contributed by atoms with Gasteiger partial charge in [-0.25, -0.2) is 0 Å². The summed E-state index contributed by atoms with van der Waals surface area (Å²) in [6, 6.07) is 8.49. The highest BCUT2D eigenvalue weighted by Gasteiger charge is 2.24. The van der Waals surface area contributed by atoms with E-state index in [4.69, 9.17) is 4.74 Å². The maximum Gasteiger partial charge on any atom is 0.193 e. The van der Waals surface area contributed by atoms with Crippen LogP contribution in [0.5, 0.6) is 0 Å². The van der Waals surface area contributed by atoms with Crippen LogP contribution in [0.4, 0.5) is 0 Å². The van der Waals surface area contributed by atoms with Crippen LogP contribution in [0, 0.1) is 6.92 Å². The number of hydrogen-bond donors (Lipinski definition) is 1. The van der Waals surface area contributed by atoms with Gasteiger partial charge in [-0.15, -0.1) is 0 Å². The Hall–Kier alpha value is -1.59. The van der Waals surface area contributed by atoms with Crippen LogP contribution >= 0.6 is 0 Å². The number of rotatable bonds is 7. The smallest absolute Gasteiger partial charge is 0.193 e. The molecule has 1 N–H and O–H groups in total. The molecule has 1 atom stereocenters. The van der Waals surface area contributed by atoms with E-state index in [0.717, 1.165) is 58.3 Å². The summed E-state index contributed by atoms with van der Waals surface area (Å²) < 4.78 is 6.02. The Morgan fingerprint density at radius 1 is 1.32 bits per heavy atom. The van der Waals surface area contributed by atoms with E-state index in [9.17, 15) is 0 Å². The van der Waals surface area contributed by atoms with Crippen LogP contribution < -0.4 is 5.32 Å². The van der Waals surface area contributed by atoms with Crippen LogP contribution in [0.3, 0.4) is 0 Å². The summed E-state index contributed by atoms with van der Waals surface area (Å²) >= 11 is 0. The van der Waals surface area contributed by atoms with Gasteiger partial charge in [0.2, 0.25) is 0 Å². The van der Waals surface area contributed by atoms with Gasteiger partial charge in [-0.05, 0) is 44.1 Å². The zero-order valence-electron chi connectivity index (χ0n) is 16.3. The number of aliphatic imine (C=N–C) groups is 1. The summed E-state index contributed by atoms with van der Waals surface area (Å²) in [5, 5.41) is 3.52. The van der Waals surface area contributed by atoms with Crippen molar-refractivity contribution in [1.29, 1.82) is 0 Å². The SMILES string of the molecule is CCN(CC)CCCNC(=NC)N1CCOC(c2ccccc2C)C1. The molecule has 0 radical (unpaired) electrons. The highest BCUT2D eigenvalue weighted by atomic mass is 16.5. The van der Waals surface area contributed by atoms with Gasteiger partial charge in [0.15, 0.2) is 5.96 Å². The molecule has 1 fully saturated rings. The molecule has 1 aliphatic heterocycles. The fourth-order valence-corrected chi connectivity index (χ4v) is 3.35. The van der Waals surface area contributed by atoms with Gasteiger partial charge < -0.3 is 19.9 Å². The van der Waals surface area contributed by atoms with Gasteiger partial charge in [-0.2, -0.15) is 0 Å². The first kappa shape index (κ1) is 19.7. The van der Waals surface area contributed by atoms with Crippen molar-refractivity contribution in [3.63, 3.8) is 0 Å².